The minimum absolute atomic E-state index is 0.213. The standard InChI is InChI=1S/C15H22ClFN2/c1-3-13-10-19(14(4-2)8-18-13)9-11-7-12(17)5-6-15(11)16/h5-7,13-14,18H,3-4,8-10H2,1-2H3. The summed E-state index contributed by atoms with van der Waals surface area (Å²) < 4.78 is 13.3. The van der Waals surface area contributed by atoms with Gasteiger partial charge in [0.05, 0.1) is 0 Å². The topological polar surface area (TPSA) is 15.3 Å². The average molecular weight is 285 g/mol. The van der Waals surface area contributed by atoms with Crippen LogP contribution in [0, 0.1) is 5.82 Å². The van der Waals surface area contributed by atoms with Crippen LogP contribution in [0.15, 0.2) is 18.2 Å². The number of hydrogen-bond donors (Lipinski definition) is 1. The highest BCUT2D eigenvalue weighted by Gasteiger charge is 2.26. The second-order valence-electron chi connectivity index (χ2n) is 5.24. The van der Waals surface area contributed by atoms with Gasteiger partial charge >= 0.3 is 0 Å². The molecule has 2 unspecified atom stereocenters. The van der Waals surface area contributed by atoms with Crippen molar-refractivity contribution in [2.24, 2.45) is 0 Å². The van der Waals surface area contributed by atoms with Gasteiger partial charge in [-0.25, -0.2) is 4.39 Å². The van der Waals surface area contributed by atoms with Gasteiger partial charge in [0, 0.05) is 36.7 Å². The molecule has 1 aromatic rings. The minimum Gasteiger partial charge on any atom is -0.311 e. The first-order chi connectivity index (χ1) is 9.13. The van der Waals surface area contributed by atoms with Crippen LogP contribution in [0.4, 0.5) is 4.39 Å². The fraction of sp³-hybridized carbons (Fsp3) is 0.600. The van der Waals surface area contributed by atoms with Crippen molar-refractivity contribution in [2.75, 3.05) is 13.1 Å². The summed E-state index contributed by atoms with van der Waals surface area (Å²) in [5.41, 5.74) is 0.886. The fourth-order valence-electron chi connectivity index (χ4n) is 2.68. The summed E-state index contributed by atoms with van der Waals surface area (Å²) in [5.74, 6) is -0.213. The molecule has 106 valence electrons. The van der Waals surface area contributed by atoms with E-state index >= 15 is 0 Å². The molecular formula is C15H22ClFN2. The Labute approximate surface area is 119 Å². The van der Waals surface area contributed by atoms with Gasteiger partial charge in [0.15, 0.2) is 0 Å². The van der Waals surface area contributed by atoms with E-state index in [1.807, 2.05) is 0 Å². The summed E-state index contributed by atoms with van der Waals surface area (Å²) in [4.78, 5) is 2.42. The summed E-state index contributed by atoms with van der Waals surface area (Å²) in [7, 11) is 0. The zero-order valence-corrected chi connectivity index (χ0v) is 12.4. The molecule has 4 heteroatoms. The Bertz CT molecular complexity index is 425. The molecule has 2 atom stereocenters. The molecule has 1 fully saturated rings. The molecule has 0 aliphatic carbocycles. The second-order valence-corrected chi connectivity index (χ2v) is 5.65. The van der Waals surface area contributed by atoms with E-state index in [9.17, 15) is 4.39 Å². The molecule has 1 aliphatic rings. The maximum atomic E-state index is 13.3. The smallest absolute Gasteiger partial charge is 0.123 e. The van der Waals surface area contributed by atoms with E-state index in [-0.39, 0.29) is 5.82 Å². The normalized spacial score (nSPS) is 24.6. The van der Waals surface area contributed by atoms with Crippen molar-refractivity contribution in [3.8, 4) is 0 Å². The average Bonchev–Trinajstić information content (AvgIpc) is 2.42. The Kier molecular flexibility index (Phi) is 5.20. The summed E-state index contributed by atoms with van der Waals surface area (Å²) in [6.45, 7) is 7.12. The van der Waals surface area contributed by atoms with Crippen LogP contribution >= 0.6 is 11.6 Å². The molecule has 0 bridgehead atoms. The van der Waals surface area contributed by atoms with Crippen LogP contribution in [-0.2, 0) is 6.54 Å². The molecule has 1 N–H and O–H groups in total. The quantitative estimate of drug-likeness (QED) is 0.911. The predicted octanol–water partition coefficient (Wildman–Crippen LogP) is 3.44. The number of nitrogens with one attached hydrogen (secondary N) is 1. The molecule has 2 rings (SSSR count). The van der Waals surface area contributed by atoms with Crippen LogP contribution < -0.4 is 5.32 Å². The zero-order valence-electron chi connectivity index (χ0n) is 11.6. The molecule has 1 aliphatic heterocycles. The van der Waals surface area contributed by atoms with Crippen molar-refractivity contribution in [3.05, 3.63) is 34.6 Å². The first-order valence-corrected chi connectivity index (χ1v) is 7.43. The van der Waals surface area contributed by atoms with Crippen LogP contribution in [0.1, 0.15) is 32.3 Å². The molecule has 1 heterocycles. The lowest BCUT2D eigenvalue weighted by Crippen LogP contribution is -2.55. The molecule has 0 saturated carbocycles. The van der Waals surface area contributed by atoms with Crippen LogP contribution in [0.5, 0.6) is 0 Å². The van der Waals surface area contributed by atoms with Gasteiger partial charge in [-0.3, -0.25) is 4.90 Å². The molecule has 0 spiro atoms. The molecule has 0 amide bonds. The highest BCUT2D eigenvalue weighted by Crippen LogP contribution is 2.22. The van der Waals surface area contributed by atoms with E-state index < -0.39 is 0 Å². The number of halogens is 2. The molecule has 19 heavy (non-hydrogen) atoms. The van der Waals surface area contributed by atoms with E-state index in [1.165, 1.54) is 6.07 Å². The highest BCUT2D eigenvalue weighted by atomic mass is 35.5. The molecule has 0 aromatic heterocycles. The van der Waals surface area contributed by atoms with Crippen molar-refractivity contribution in [1.82, 2.24) is 10.2 Å². The Morgan fingerprint density at radius 3 is 2.84 bits per heavy atom. The predicted molar refractivity (Wildman–Crippen MR) is 78.0 cm³/mol. The third kappa shape index (κ3) is 3.68. The van der Waals surface area contributed by atoms with Crippen molar-refractivity contribution in [2.45, 2.75) is 45.3 Å². The third-order valence-electron chi connectivity index (χ3n) is 3.96. The third-order valence-corrected chi connectivity index (χ3v) is 4.33. The summed E-state index contributed by atoms with van der Waals surface area (Å²) >= 11 is 6.17. The minimum atomic E-state index is -0.213. The summed E-state index contributed by atoms with van der Waals surface area (Å²) in [6.07, 6.45) is 2.21. The molecular weight excluding hydrogens is 263 g/mol. The Morgan fingerprint density at radius 1 is 1.37 bits per heavy atom. The fourth-order valence-corrected chi connectivity index (χ4v) is 2.86. The van der Waals surface area contributed by atoms with Crippen molar-refractivity contribution >= 4 is 11.6 Å². The molecule has 1 saturated heterocycles. The first-order valence-electron chi connectivity index (χ1n) is 7.05. The Morgan fingerprint density at radius 2 is 2.16 bits per heavy atom. The van der Waals surface area contributed by atoms with E-state index in [1.54, 1.807) is 12.1 Å². The van der Waals surface area contributed by atoms with Crippen LogP contribution in [0.25, 0.3) is 0 Å². The largest absolute Gasteiger partial charge is 0.311 e. The van der Waals surface area contributed by atoms with Crippen LogP contribution in [0.3, 0.4) is 0 Å². The number of benzene rings is 1. The van der Waals surface area contributed by atoms with Crippen molar-refractivity contribution in [1.29, 1.82) is 0 Å². The summed E-state index contributed by atoms with van der Waals surface area (Å²) in [5, 5.41) is 4.22. The molecule has 1 aromatic carbocycles. The van der Waals surface area contributed by atoms with Crippen LogP contribution in [-0.4, -0.2) is 30.1 Å². The second kappa shape index (κ2) is 6.69. The van der Waals surface area contributed by atoms with Crippen molar-refractivity contribution < 1.29 is 4.39 Å². The summed E-state index contributed by atoms with van der Waals surface area (Å²) in [6, 6.07) is 5.64. The highest BCUT2D eigenvalue weighted by molar-refractivity contribution is 6.31. The first kappa shape index (κ1) is 14.8. The Hall–Kier alpha value is -0.640. The Balaban J connectivity index is 2.11. The van der Waals surface area contributed by atoms with Gasteiger partial charge in [-0.2, -0.15) is 0 Å². The lowest BCUT2D eigenvalue weighted by molar-refractivity contribution is 0.117. The zero-order chi connectivity index (χ0) is 13.8. The number of nitrogens with zero attached hydrogens (tertiary/aromatic N) is 1. The molecule has 0 radical (unpaired) electrons. The number of piperazine rings is 1. The van der Waals surface area contributed by atoms with Crippen LogP contribution in [0.2, 0.25) is 5.02 Å². The van der Waals surface area contributed by atoms with Gasteiger partial charge in [-0.05, 0) is 36.6 Å². The van der Waals surface area contributed by atoms with E-state index in [2.05, 4.69) is 24.1 Å². The SMILES string of the molecule is CCC1CN(Cc2cc(F)ccc2Cl)C(CC)CN1. The lowest BCUT2D eigenvalue weighted by atomic mass is 10.0. The molecule has 2 nitrogen and oxygen atoms in total. The van der Waals surface area contributed by atoms with Gasteiger partial charge in [-0.1, -0.05) is 25.4 Å². The van der Waals surface area contributed by atoms with Gasteiger partial charge < -0.3 is 5.32 Å². The van der Waals surface area contributed by atoms with Gasteiger partial charge in [-0.15, -0.1) is 0 Å². The number of rotatable bonds is 4. The number of hydrogen-bond acceptors (Lipinski definition) is 2. The van der Waals surface area contributed by atoms with Gasteiger partial charge in [0.1, 0.15) is 5.82 Å². The monoisotopic (exact) mass is 284 g/mol. The van der Waals surface area contributed by atoms with E-state index in [0.29, 0.717) is 17.1 Å². The van der Waals surface area contributed by atoms with Gasteiger partial charge in [0.25, 0.3) is 0 Å². The van der Waals surface area contributed by atoms with E-state index in [4.69, 9.17) is 11.6 Å². The van der Waals surface area contributed by atoms with Crippen molar-refractivity contribution in [3.63, 3.8) is 0 Å². The van der Waals surface area contributed by atoms with Gasteiger partial charge in [0.2, 0.25) is 0 Å². The van der Waals surface area contributed by atoms with E-state index in [0.717, 1.165) is 38.0 Å². The maximum absolute atomic E-state index is 13.3. The maximum Gasteiger partial charge on any atom is 0.123 e. The lowest BCUT2D eigenvalue weighted by Gasteiger charge is -2.40.